The van der Waals surface area contributed by atoms with Crippen LogP contribution in [0.2, 0.25) is 0 Å². The number of halogens is 2. The summed E-state index contributed by atoms with van der Waals surface area (Å²) in [4.78, 5) is 12.0. The molecule has 0 amide bonds. The van der Waals surface area contributed by atoms with Crippen LogP contribution in [0, 0.1) is 11.6 Å². The third-order valence-electron chi connectivity index (χ3n) is 3.55. The zero-order chi connectivity index (χ0) is 14.5. The van der Waals surface area contributed by atoms with Crippen LogP contribution in [0.4, 0.5) is 8.78 Å². The highest BCUT2D eigenvalue weighted by Gasteiger charge is 2.28. The minimum Gasteiger partial charge on any atom is -0.465 e. The molecular formula is C15H19F2NO2. The van der Waals surface area contributed by atoms with Crippen molar-refractivity contribution in [3.8, 4) is 0 Å². The predicted molar refractivity (Wildman–Crippen MR) is 71.1 cm³/mol. The monoisotopic (exact) mass is 283 g/mol. The Kier molecular flexibility index (Phi) is 5.06. The zero-order valence-corrected chi connectivity index (χ0v) is 11.5. The molecule has 1 atom stereocenters. The molecule has 0 radical (unpaired) electrons. The maximum atomic E-state index is 13.9. The van der Waals surface area contributed by atoms with E-state index in [4.69, 9.17) is 4.74 Å². The van der Waals surface area contributed by atoms with Gasteiger partial charge in [-0.3, -0.25) is 5.32 Å². The smallest absolute Gasteiger partial charge is 0.327 e. The van der Waals surface area contributed by atoms with Crippen LogP contribution in [-0.4, -0.2) is 18.6 Å². The highest BCUT2D eigenvalue weighted by atomic mass is 19.1. The van der Waals surface area contributed by atoms with Crippen molar-refractivity contribution in [3.63, 3.8) is 0 Å². The number of hydrogen-bond donors (Lipinski definition) is 1. The Morgan fingerprint density at radius 1 is 1.40 bits per heavy atom. The summed E-state index contributed by atoms with van der Waals surface area (Å²) in [5, 5.41) is 3.14. The van der Waals surface area contributed by atoms with Gasteiger partial charge in [-0.1, -0.05) is 18.9 Å². The van der Waals surface area contributed by atoms with Gasteiger partial charge in [-0.15, -0.1) is 0 Å². The van der Waals surface area contributed by atoms with Crippen molar-refractivity contribution in [2.75, 3.05) is 6.61 Å². The minimum absolute atomic E-state index is 0.136. The van der Waals surface area contributed by atoms with Gasteiger partial charge in [-0.05, 0) is 25.8 Å². The van der Waals surface area contributed by atoms with Gasteiger partial charge in [0.2, 0.25) is 0 Å². The molecule has 1 fully saturated rings. The fraction of sp³-hybridized carbons (Fsp3) is 0.533. The first kappa shape index (κ1) is 14.9. The highest BCUT2D eigenvalue weighted by molar-refractivity contribution is 5.77. The first-order chi connectivity index (χ1) is 9.61. The number of nitrogens with one attached hydrogen (secondary N) is 1. The van der Waals surface area contributed by atoms with Gasteiger partial charge in [0.1, 0.15) is 17.7 Å². The Bertz CT molecular complexity index is 473. The number of rotatable bonds is 5. The molecule has 0 aliphatic heterocycles. The minimum atomic E-state index is -0.876. The molecule has 1 N–H and O–H groups in total. The van der Waals surface area contributed by atoms with Crippen LogP contribution in [-0.2, 0) is 9.53 Å². The van der Waals surface area contributed by atoms with E-state index in [0.717, 1.165) is 37.8 Å². The lowest BCUT2D eigenvalue weighted by atomic mass is 10.0. The van der Waals surface area contributed by atoms with Crippen LogP contribution in [0.25, 0.3) is 0 Å². The van der Waals surface area contributed by atoms with Crippen LogP contribution >= 0.6 is 0 Å². The molecule has 1 saturated carbocycles. The largest absolute Gasteiger partial charge is 0.465 e. The number of hydrogen-bond acceptors (Lipinski definition) is 3. The summed E-state index contributed by atoms with van der Waals surface area (Å²) in [6.07, 6.45) is 4.11. The number of carbonyl (C=O) groups excluding carboxylic acids is 1. The summed E-state index contributed by atoms with van der Waals surface area (Å²) in [5.74, 6) is -1.91. The normalized spacial score (nSPS) is 17.1. The molecule has 1 aromatic rings. The molecule has 0 aromatic heterocycles. The van der Waals surface area contributed by atoms with E-state index < -0.39 is 23.6 Å². The molecule has 1 aromatic carbocycles. The molecule has 1 aliphatic rings. The Hall–Kier alpha value is -1.49. The number of carbonyl (C=O) groups is 1. The number of esters is 1. The van der Waals surface area contributed by atoms with Crippen LogP contribution < -0.4 is 5.32 Å². The summed E-state index contributed by atoms with van der Waals surface area (Å²) in [7, 11) is 0. The Morgan fingerprint density at radius 3 is 2.70 bits per heavy atom. The first-order valence-corrected chi connectivity index (χ1v) is 6.99. The molecular weight excluding hydrogens is 264 g/mol. The Balaban J connectivity index is 2.22. The SMILES string of the molecule is CCOC(=O)C(NC1CCCC1)c1ccc(F)cc1F. The van der Waals surface area contributed by atoms with E-state index in [-0.39, 0.29) is 18.2 Å². The van der Waals surface area contributed by atoms with Crippen molar-refractivity contribution in [1.29, 1.82) is 0 Å². The molecule has 1 unspecified atom stereocenters. The van der Waals surface area contributed by atoms with E-state index in [1.165, 1.54) is 6.07 Å². The molecule has 110 valence electrons. The van der Waals surface area contributed by atoms with Crippen molar-refractivity contribution in [1.82, 2.24) is 5.32 Å². The molecule has 1 aliphatic carbocycles. The van der Waals surface area contributed by atoms with Crippen molar-refractivity contribution >= 4 is 5.97 Å². The van der Waals surface area contributed by atoms with Gasteiger partial charge in [0.25, 0.3) is 0 Å². The lowest BCUT2D eigenvalue weighted by Crippen LogP contribution is -2.37. The lowest BCUT2D eigenvalue weighted by Gasteiger charge is -2.22. The van der Waals surface area contributed by atoms with Crippen molar-refractivity contribution < 1.29 is 18.3 Å². The summed E-state index contributed by atoms with van der Waals surface area (Å²) < 4.78 is 31.9. The van der Waals surface area contributed by atoms with Gasteiger partial charge in [0.05, 0.1) is 6.61 Å². The van der Waals surface area contributed by atoms with Gasteiger partial charge in [0, 0.05) is 17.7 Å². The van der Waals surface area contributed by atoms with Gasteiger partial charge >= 0.3 is 5.97 Å². The average molecular weight is 283 g/mol. The van der Waals surface area contributed by atoms with E-state index >= 15 is 0 Å². The second-order valence-electron chi connectivity index (χ2n) is 5.00. The molecule has 0 saturated heterocycles. The van der Waals surface area contributed by atoms with E-state index in [0.29, 0.717) is 0 Å². The molecule has 5 heteroatoms. The van der Waals surface area contributed by atoms with E-state index in [9.17, 15) is 13.6 Å². The molecule has 0 heterocycles. The van der Waals surface area contributed by atoms with Crippen LogP contribution in [0.1, 0.15) is 44.2 Å². The summed E-state index contributed by atoms with van der Waals surface area (Å²) >= 11 is 0. The van der Waals surface area contributed by atoms with Crippen molar-refractivity contribution in [2.24, 2.45) is 0 Å². The predicted octanol–water partition coefficient (Wildman–Crippen LogP) is 3.10. The molecule has 2 rings (SSSR count). The number of benzene rings is 1. The zero-order valence-electron chi connectivity index (χ0n) is 11.5. The van der Waals surface area contributed by atoms with Crippen molar-refractivity contribution in [3.05, 3.63) is 35.4 Å². The Morgan fingerprint density at radius 2 is 2.10 bits per heavy atom. The van der Waals surface area contributed by atoms with E-state index in [1.807, 2.05) is 0 Å². The number of ether oxygens (including phenoxy) is 1. The topological polar surface area (TPSA) is 38.3 Å². The fourth-order valence-electron chi connectivity index (χ4n) is 2.57. The molecule has 0 spiro atoms. The molecule has 0 bridgehead atoms. The van der Waals surface area contributed by atoms with Gasteiger partial charge in [-0.25, -0.2) is 13.6 Å². The maximum absolute atomic E-state index is 13.9. The third kappa shape index (κ3) is 3.54. The first-order valence-electron chi connectivity index (χ1n) is 6.99. The molecule has 20 heavy (non-hydrogen) atoms. The van der Waals surface area contributed by atoms with Crippen molar-refractivity contribution in [2.45, 2.75) is 44.7 Å². The highest BCUT2D eigenvalue weighted by Crippen LogP contribution is 2.25. The van der Waals surface area contributed by atoms with Gasteiger partial charge < -0.3 is 4.74 Å². The fourth-order valence-corrected chi connectivity index (χ4v) is 2.57. The van der Waals surface area contributed by atoms with Crippen LogP contribution in [0.15, 0.2) is 18.2 Å². The second kappa shape index (κ2) is 6.79. The standard InChI is InChI=1S/C15H19F2NO2/c1-2-20-15(19)14(18-11-5-3-4-6-11)12-8-7-10(16)9-13(12)17/h7-9,11,14,18H,2-6H2,1H3. The van der Waals surface area contributed by atoms with Crippen LogP contribution in [0.5, 0.6) is 0 Å². The van der Waals surface area contributed by atoms with Gasteiger partial charge in [-0.2, -0.15) is 0 Å². The third-order valence-corrected chi connectivity index (χ3v) is 3.55. The van der Waals surface area contributed by atoms with Crippen LogP contribution in [0.3, 0.4) is 0 Å². The average Bonchev–Trinajstić information content (AvgIpc) is 2.90. The quantitative estimate of drug-likeness (QED) is 0.844. The van der Waals surface area contributed by atoms with E-state index in [2.05, 4.69) is 5.32 Å². The van der Waals surface area contributed by atoms with E-state index in [1.54, 1.807) is 6.92 Å². The summed E-state index contributed by atoms with van der Waals surface area (Å²) in [6, 6.07) is 2.54. The molecule has 3 nitrogen and oxygen atoms in total. The maximum Gasteiger partial charge on any atom is 0.327 e. The lowest BCUT2D eigenvalue weighted by molar-refractivity contribution is -0.146. The summed E-state index contributed by atoms with van der Waals surface area (Å²) in [6.45, 7) is 1.93. The van der Waals surface area contributed by atoms with Gasteiger partial charge in [0.15, 0.2) is 0 Å². The summed E-state index contributed by atoms with van der Waals surface area (Å²) in [5.41, 5.74) is 0.136. The Labute approximate surface area is 117 Å². The second-order valence-corrected chi connectivity index (χ2v) is 5.00.